The molecular weight excluding hydrogens is 239 g/mol. The Morgan fingerprint density at radius 1 is 1.59 bits per heavy atom. The molecule has 0 saturated carbocycles. The molecule has 1 unspecified atom stereocenters. The average molecular weight is 247 g/mol. The third-order valence-electron chi connectivity index (χ3n) is 2.36. The minimum Gasteiger partial charge on any atom is -0.447 e. The van der Waals surface area contributed by atoms with Crippen LogP contribution < -0.4 is 4.90 Å². The number of carbonyl (C=O) groups is 1. The van der Waals surface area contributed by atoms with Gasteiger partial charge in [0.25, 0.3) is 0 Å². The van der Waals surface area contributed by atoms with Gasteiger partial charge >= 0.3 is 12.2 Å². The number of anilines is 1. The van der Waals surface area contributed by atoms with Crippen LogP contribution in [0.25, 0.3) is 0 Å². The number of aromatic nitrogens is 2. The van der Waals surface area contributed by atoms with Crippen LogP contribution in [-0.4, -0.2) is 34.9 Å². The van der Waals surface area contributed by atoms with Crippen molar-refractivity contribution in [1.29, 1.82) is 0 Å². The van der Waals surface area contributed by atoms with Crippen LogP contribution in [0.5, 0.6) is 0 Å². The number of carbonyl (C=O) groups excluding carboxylic acids is 1. The fourth-order valence-electron chi connectivity index (χ4n) is 1.52. The molecule has 0 N–H and O–H groups in total. The molecule has 1 amide bonds. The molecule has 17 heavy (non-hydrogen) atoms. The van der Waals surface area contributed by atoms with Crippen molar-refractivity contribution in [3.05, 3.63) is 18.1 Å². The van der Waals surface area contributed by atoms with E-state index in [-0.39, 0.29) is 6.61 Å². The molecule has 0 radical (unpaired) electrons. The van der Waals surface area contributed by atoms with Crippen molar-refractivity contribution in [2.24, 2.45) is 0 Å². The van der Waals surface area contributed by atoms with Gasteiger partial charge in [0.1, 0.15) is 18.8 Å². The third kappa shape index (κ3) is 2.02. The van der Waals surface area contributed by atoms with Gasteiger partial charge in [-0.3, -0.25) is 0 Å². The van der Waals surface area contributed by atoms with Crippen LogP contribution in [0.3, 0.4) is 0 Å². The molecule has 1 aliphatic heterocycles. The molecular formula is C9H8F3N3O2. The zero-order valence-electron chi connectivity index (χ0n) is 8.73. The maximum Gasteiger partial charge on any atom is 0.416 e. The Morgan fingerprint density at radius 2 is 2.29 bits per heavy atom. The van der Waals surface area contributed by atoms with Crippen LogP contribution in [0.4, 0.5) is 23.8 Å². The normalized spacial score (nSPS) is 21.5. The summed E-state index contributed by atoms with van der Waals surface area (Å²) in [5.74, 6) is -1.63. The number of hydrogen-bond donors (Lipinski definition) is 0. The van der Waals surface area contributed by atoms with E-state index in [1.165, 1.54) is 6.92 Å². The van der Waals surface area contributed by atoms with E-state index in [1.807, 2.05) is 0 Å². The topological polar surface area (TPSA) is 55.3 Å². The number of amides is 1. The van der Waals surface area contributed by atoms with Gasteiger partial charge in [0.05, 0.1) is 6.20 Å². The molecule has 0 aromatic carbocycles. The van der Waals surface area contributed by atoms with Crippen molar-refractivity contribution in [2.75, 3.05) is 11.5 Å². The highest BCUT2D eigenvalue weighted by molar-refractivity contribution is 5.89. The summed E-state index contributed by atoms with van der Waals surface area (Å²) in [5, 5.41) is 0. The Bertz CT molecular complexity index is 455. The molecule has 1 aromatic rings. The summed E-state index contributed by atoms with van der Waals surface area (Å²) in [6, 6.07) is -1.02. The van der Waals surface area contributed by atoms with Crippen LogP contribution >= 0.6 is 0 Å². The fourth-order valence-corrected chi connectivity index (χ4v) is 1.52. The van der Waals surface area contributed by atoms with Gasteiger partial charge in [-0.2, -0.15) is 9.37 Å². The van der Waals surface area contributed by atoms with Gasteiger partial charge in [-0.15, -0.1) is 0 Å². The standard InChI is InChI=1S/C9H8F3N3O2/c1-4(10)6-3-17-9(16)15(6)7-5(11)2-13-8(12)14-7/h2,4,6H,3H2,1H3/t4?,6-/m1/s1. The first-order chi connectivity index (χ1) is 8.00. The van der Waals surface area contributed by atoms with E-state index < -0.39 is 36.0 Å². The number of cyclic esters (lactones) is 1. The van der Waals surface area contributed by atoms with E-state index in [1.54, 1.807) is 0 Å². The van der Waals surface area contributed by atoms with Crippen molar-refractivity contribution in [1.82, 2.24) is 9.97 Å². The Kier molecular flexibility index (Phi) is 2.86. The highest BCUT2D eigenvalue weighted by Gasteiger charge is 2.40. The highest BCUT2D eigenvalue weighted by Crippen LogP contribution is 2.26. The minimum absolute atomic E-state index is 0.235. The molecule has 2 rings (SSSR count). The molecule has 1 aliphatic rings. The Labute approximate surface area is 94.2 Å². The second-order valence-corrected chi connectivity index (χ2v) is 3.50. The molecule has 1 fully saturated rings. The summed E-state index contributed by atoms with van der Waals surface area (Å²) >= 11 is 0. The van der Waals surface area contributed by atoms with Crippen LogP contribution in [0.1, 0.15) is 6.92 Å². The van der Waals surface area contributed by atoms with Gasteiger partial charge in [0.15, 0.2) is 11.6 Å². The van der Waals surface area contributed by atoms with E-state index in [9.17, 15) is 18.0 Å². The molecule has 1 aromatic heterocycles. The van der Waals surface area contributed by atoms with Crippen molar-refractivity contribution < 1.29 is 22.7 Å². The van der Waals surface area contributed by atoms with Gasteiger partial charge in [0.2, 0.25) is 0 Å². The smallest absolute Gasteiger partial charge is 0.416 e. The first-order valence-electron chi connectivity index (χ1n) is 4.79. The summed E-state index contributed by atoms with van der Waals surface area (Å²) in [6.45, 7) is 0.955. The molecule has 0 bridgehead atoms. The number of hydrogen-bond acceptors (Lipinski definition) is 4. The average Bonchev–Trinajstić information content (AvgIpc) is 2.64. The Hall–Kier alpha value is -1.86. The van der Waals surface area contributed by atoms with Crippen LogP contribution in [-0.2, 0) is 4.74 Å². The van der Waals surface area contributed by atoms with Crippen molar-refractivity contribution >= 4 is 11.9 Å². The molecule has 2 atom stereocenters. The molecule has 8 heteroatoms. The van der Waals surface area contributed by atoms with Crippen LogP contribution in [0, 0.1) is 11.9 Å². The maximum absolute atomic E-state index is 13.4. The summed E-state index contributed by atoms with van der Waals surface area (Å²) in [7, 11) is 0. The number of nitrogens with zero attached hydrogens (tertiary/aromatic N) is 3. The maximum atomic E-state index is 13.4. The quantitative estimate of drug-likeness (QED) is 0.742. The zero-order chi connectivity index (χ0) is 12.6. The lowest BCUT2D eigenvalue weighted by molar-refractivity contribution is 0.174. The summed E-state index contributed by atoms with van der Waals surface area (Å²) in [6.07, 6.45) is -3.05. The molecule has 2 heterocycles. The van der Waals surface area contributed by atoms with E-state index in [0.29, 0.717) is 11.1 Å². The van der Waals surface area contributed by atoms with E-state index in [2.05, 4.69) is 14.7 Å². The highest BCUT2D eigenvalue weighted by atomic mass is 19.1. The summed E-state index contributed by atoms with van der Waals surface area (Å²) in [4.78, 5) is 18.1. The van der Waals surface area contributed by atoms with Crippen molar-refractivity contribution in [3.63, 3.8) is 0 Å². The van der Waals surface area contributed by atoms with E-state index in [0.717, 1.165) is 0 Å². The minimum atomic E-state index is -1.46. The van der Waals surface area contributed by atoms with Crippen LogP contribution in [0.2, 0.25) is 0 Å². The monoisotopic (exact) mass is 247 g/mol. The van der Waals surface area contributed by atoms with Crippen LogP contribution in [0.15, 0.2) is 6.20 Å². The second kappa shape index (κ2) is 4.19. The largest absolute Gasteiger partial charge is 0.447 e. The number of halogens is 3. The molecule has 1 saturated heterocycles. The molecule has 0 spiro atoms. The van der Waals surface area contributed by atoms with Gasteiger partial charge < -0.3 is 4.74 Å². The zero-order valence-corrected chi connectivity index (χ0v) is 8.73. The molecule has 0 aliphatic carbocycles. The Morgan fingerprint density at radius 3 is 2.94 bits per heavy atom. The SMILES string of the molecule is CC(F)[C@H]1COC(=O)N1c1nc(F)ncc1F. The predicted octanol–water partition coefficient (Wildman–Crippen LogP) is 1.44. The van der Waals surface area contributed by atoms with E-state index >= 15 is 0 Å². The molecule has 5 nitrogen and oxygen atoms in total. The lowest BCUT2D eigenvalue weighted by atomic mass is 10.2. The Balaban J connectivity index is 2.42. The van der Waals surface area contributed by atoms with Gasteiger partial charge in [0, 0.05) is 0 Å². The number of alkyl halides is 1. The van der Waals surface area contributed by atoms with Crippen molar-refractivity contribution in [3.8, 4) is 0 Å². The number of ether oxygens (including phenoxy) is 1. The van der Waals surface area contributed by atoms with Crippen molar-refractivity contribution in [2.45, 2.75) is 19.1 Å². The first-order valence-corrected chi connectivity index (χ1v) is 4.79. The first kappa shape index (κ1) is 11.6. The number of rotatable bonds is 2. The van der Waals surface area contributed by atoms with Gasteiger partial charge in [-0.1, -0.05) is 0 Å². The lowest BCUT2D eigenvalue weighted by Crippen LogP contribution is -2.40. The summed E-state index contributed by atoms with van der Waals surface area (Å²) in [5.41, 5.74) is 0. The van der Waals surface area contributed by atoms with Gasteiger partial charge in [-0.25, -0.2) is 23.5 Å². The second-order valence-electron chi connectivity index (χ2n) is 3.50. The fraction of sp³-hybridized carbons (Fsp3) is 0.444. The third-order valence-corrected chi connectivity index (χ3v) is 2.36. The van der Waals surface area contributed by atoms with Gasteiger partial charge in [-0.05, 0) is 6.92 Å². The molecule has 92 valence electrons. The lowest BCUT2D eigenvalue weighted by Gasteiger charge is -2.21. The van der Waals surface area contributed by atoms with E-state index in [4.69, 9.17) is 0 Å². The summed E-state index contributed by atoms with van der Waals surface area (Å²) < 4.78 is 44.0. The predicted molar refractivity (Wildman–Crippen MR) is 50.1 cm³/mol.